The number of nitrogens with one attached hydrogen (secondary N) is 2. The summed E-state index contributed by atoms with van der Waals surface area (Å²) in [5.74, 6) is -0.138. The lowest BCUT2D eigenvalue weighted by Crippen LogP contribution is -2.40. The van der Waals surface area contributed by atoms with Gasteiger partial charge < -0.3 is 10.6 Å². The van der Waals surface area contributed by atoms with Crippen LogP contribution in [0.25, 0.3) is 0 Å². The molecule has 1 saturated heterocycles. The molecule has 1 aliphatic rings. The summed E-state index contributed by atoms with van der Waals surface area (Å²) in [6.45, 7) is 5.48. The van der Waals surface area contributed by atoms with Crippen LogP contribution in [0, 0.1) is 6.92 Å². The second-order valence-corrected chi connectivity index (χ2v) is 6.23. The summed E-state index contributed by atoms with van der Waals surface area (Å²) in [5.41, 5.74) is 1.94. The highest BCUT2D eigenvalue weighted by Crippen LogP contribution is 2.37. The maximum Gasteiger partial charge on any atom is 0.234 e. The lowest BCUT2D eigenvalue weighted by Gasteiger charge is -2.24. The van der Waals surface area contributed by atoms with Gasteiger partial charge in [0.25, 0.3) is 0 Å². The van der Waals surface area contributed by atoms with Crippen LogP contribution in [-0.4, -0.2) is 52.7 Å². The summed E-state index contributed by atoms with van der Waals surface area (Å²) < 4.78 is 1.68. The number of hydrogen-bond acceptors (Lipinski definition) is 4. The van der Waals surface area contributed by atoms with Crippen molar-refractivity contribution >= 4 is 23.4 Å². The third-order valence-corrected chi connectivity index (χ3v) is 4.51. The number of likely N-dealkylation sites (tertiary alicyclic amines) is 1. The molecule has 2 heterocycles. The van der Waals surface area contributed by atoms with Crippen molar-refractivity contribution in [3.8, 4) is 0 Å². The lowest BCUT2D eigenvalue weighted by atomic mass is 10.1. The Morgan fingerprint density at radius 1 is 1.35 bits per heavy atom. The van der Waals surface area contributed by atoms with Gasteiger partial charge in [-0.15, -0.1) is 0 Å². The van der Waals surface area contributed by atoms with Crippen LogP contribution in [-0.2, 0) is 16.6 Å². The molecule has 1 fully saturated rings. The van der Waals surface area contributed by atoms with Gasteiger partial charge in [-0.3, -0.25) is 19.2 Å². The van der Waals surface area contributed by atoms with E-state index in [4.69, 9.17) is 11.6 Å². The summed E-state index contributed by atoms with van der Waals surface area (Å²) in [5, 5.41) is 10.5. The van der Waals surface area contributed by atoms with Crippen molar-refractivity contribution in [3.05, 3.63) is 16.4 Å². The first-order valence-electron chi connectivity index (χ1n) is 7.84. The van der Waals surface area contributed by atoms with E-state index in [1.54, 1.807) is 4.68 Å². The molecule has 0 saturated carbocycles. The van der Waals surface area contributed by atoms with Gasteiger partial charge in [-0.2, -0.15) is 5.10 Å². The molecule has 0 spiro atoms. The maximum absolute atomic E-state index is 12.1. The van der Waals surface area contributed by atoms with E-state index in [9.17, 15) is 9.59 Å². The van der Waals surface area contributed by atoms with Crippen LogP contribution >= 0.6 is 11.6 Å². The number of nitrogens with zero attached hydrogens (tertiary/aromatic N) is 3. The van der Waals surface area contributed by atoms with Crippen LogP contribution in [0.1, 0.15) is 37.1 Å². The number of aryl methyl sites for hydroxylation is 2. The second kappa shape index (κ2) is 7.79. The zero-order valence-corrected chi connectivity index (χ0v) is 14.6. The van der Waals surface area contributed by atoms with Crippen molar-refractivity contribution in [1.82, 2.24) is 25.3 Å². The molecule has 1 aromatic heterocycles. The second-order valence-electron chi connectivity index (χ2n) is 5.87. The third-order valence-electron chi connectivity index (χ3n) is 4.06. The van der Waals surface area contributed by atoms with Gasteiger partial charge in [0.1, 0.15) is 5.15 Å². The highest BCUT2D eigenvalue weighted by molar-refractivity contribution is 6.30. The summed E-state index contributed by atoms with van der Waals surface area (Å²) in [6, 6.07) is 0.136. The van der Waals surface area contributed by atoms with Crippen LogP contribution in [0.15, 0.2) is 0 Å². The molecule has 23 heavy (non-hydrogen) atoms. The minimum Gasteiger partial charge on any atom is -0.355 e. The minimum atomic E-state index is -0.0967. The highest BCUT2D eigenvalue weighted by atomic mass is 35.5. The SMILES string of the molecule is CC(=O)NCCNC(=O)CN1CCCC1c1c(C)nn(C)c1Cl. The average molecular weight is 342 g/mol. The molecule has 1 aromatic rings. The number of carbonyl (C=O) groups is 2. The first kappa shape index (κ1) is 17.7. The first-order chi connectivity index (χ1) is 10.9. The van der Waals surface area contributed by atoms with Crippen LogP contribution < -0.4 is 10.6 Å². The molecular weight excluding hydrogens is 318 g/mol. The number of amides is 2. The lowest BCUT2D eigenvalue weighted by molar-refractivity contribution is -0.123. The Hall–Kier alpha value is -1.60. The van der Waals surface area contributed by atoms with Crippen molar-refractivity contribution in [2.45, 2.75) is 32.7 Å². The Balaban J connectivity index is 1.91. The van der Waals surface area contributed by atoms with E-state index < -0.39 is 0 Å². The van der Waals surface area contributed by atoms with Gasteiger partial charge in [-0.25, -0.2) is 0 Å². The van der Waals surface area contributed by atoms with E-state index in [0.29, 0.717) is 24.8 Å². The van der Waals surface area contributed by atoms with Gasteiger partial charge in [0.05, 0.1) is 12.2 Å². The Morgan fingerprint density at radius 2 is 2.04 bits per heavy atom. The molecule has 2 rings (SSSR count). The Bertz CT molecular complexity index is 587. The van der Waals surface area contributed by atoms with Crippen LogP contribution in [0.4, 0.5) is 0 Å². The van der Waals surface area contributed by atoms with Gasteiger partial charge >= 0.3 is 0 Å². The number of carbonyl (C=O) groups excluding carboxylic acids is 2. The van der Waals surface area contributed by atoms with E-state index in [1.807, 2.05) is 14.0 Å². The van der Waals surface area contributed by atoms with Crippen LogP contribution in [0.2, 0.25) is 5.15 Å². The summed E-state index contributed by atoms with van der Waals surface area (Å²) in [6.07, 6.45) is 2.01. The van der Waals surface area contributed by atoms with E-state index in [2.05, 4.69) is 20.6 Å². The predicted octanol–water partition coefficient (Wildman–Crippen LogP) is 0.771. The van der Waals surface area contributed by atoms with E-state index >= 15 is 0 Å². The molecule has 1 atom stereocenters. The Morgan fingerprint density at radius 3 is 2.65 bits per heavy atom. The molecule has 0 aliphatic carbocycles. The smallest absolute Gasteiger partial charge is 0.234 e. The molecule has 128 valence electrons. The van der Waals surface area contributed by atoms with Crippen molar-refractivity contribution in [3.63, 3.8) is 0 Å². The fraction of sp³-hybridized carbons (Fsp3) is 0.667. The van der Waals surface area contributed by atoms with Crippen molar-refractivity contribution in [2.75, 3.05) is 26.2 Å². The zero-order valence-electron chi connectivity index (χ0n) is 13.9. The largest absolute Gasteiger partial charge is 0.355 e. The quantitative estimate of drug-likeness (QED) is 0.749. The van der Waals surface area contributed by atoms with Gasteiger partial charge in [-0.05, 0) is 26.3 Å². The standard InChI is InChI=1S/C15H24ClN5O2/c1-10-14(15(16)20(3)19-10)12-5-4-8-21(12)9-13(23)18-7-6-17-11(2)22/h12H,4-9H2,1-3H3,(H,17,22)(H,18,23). The molecule has 1 unspecified atom stereocenters. The molecule has 0 radical (unpaired) electrons. The maximum atomic E-state index is 12.1. The number of aromatic nitrogens is 2. The normalized spacial score (nSPS) is 18.2. The molecule has 7 nitrogen and oxygen atoms in total. The number of hydrogen-bond donors (Lipinski definition) is 2. The fourth-order valence-corrected chi connectivity index (χ4v) is 3.35. The van der Waals surface area contributed by atoms with Gasteiger partial charge in [0.15, 0.2) is 0 Å². The molecule has 2 N–H and O–H groups in total. The number of halogens is 1. The van der Waals surface area contributed by atoms with Crippen LogP contribution in [0.3, 0.4) is 0 Å². The van der Waals surface area contributed by atoms with Crippen molar-refractivity contribution < 1.29 is 9.59 Å². The van der Waals surface area contributed by atoms with Crippen molar-refractivity contribution in [2.24, 2.45) is 7.05 Å². The molecule has 0 aromatic carbocycles. The molecule has 8 heteroatoms. The number of rotatable bonds is 6. The fourth-order valence-electron chi connectivity index (χ4n) is 3.05. The third kappa shape index (κ3) is 4.45. The van der Waals surface area contributed by atoms with Crippen molar-refractivity contribution in [1.29, 1.82) is 0 Å². The summed E-state index contributed by atoms with van der Waals surface area (Å²) in [4.78, 5) is 25.0. The minimum absolute atomic E-state index is 0.0417. The van der Waals surface area contributed by atoms with Gasteiger partial charge in [0.2, 0.25) is 11.8 Å². The molecular formula is C15H24ClN5O2. The molecule has 1 aliphatic heterocycles. The topological polar surface area (TPSA) is 79.3 Å². The zero-order chi connectivity index (χ0) is 17.0. The van der Waals surface area contributed by atoms with E-state index in [0.717, 1.165) is 30.6 Å². The van der Waals surface area contributed by atoms with Gasteiger partial charge in [0, 0.05) is 38.7 Å². The van der Waals surface area contributed by atoms with E-state index in [1.165, 1.54) is 6.92 Å². The van der Waals surface area contributed by atoms with E-state index in [-0.39, 0.29) is 17.9 Å². The Labute approximate surface area is 141 Å². The van der Waals surface area contributed by atoms with Gasteiger partial charge in [-0.1, -0.05) is 11.6 Å². The highest BCUT2D eigenvalue weighted by Gasteiger charge is 2.32. The summed E-state index contributed by atoms with van der Waals surface area (Å²) in [7, 11) is 1.83. The summed E-state index contributed by atoms with van der Waals surface area (Å²) >= 11 is 6.36. The molecule has 0 bridgehead atoms. The Kier molecular flexibility index (Phi) is 6.01. The monoisotopic (exact) mass is 341 g/mol. The predicted molar refractivity (Wildman–Crippen MR) is 88.2 cm³/mol. The average Bonchev–Trinajstić information content (AvgIpc) is 3.00. The first-order valence-corrected chi connectivity index (χ1v) is 8.22. The molecule has 2 amide bonds. The van der Waals surface area contributed by atoms with Crippen LogP contribution in [0.5, 0.6) is 0 Å².